The summed E-state index contributed by atoms with van der Waals surface area (Å²) in [5.74, 6) is 0.574. The van der Waals surface area contributed by atoms with E-state index in [4.69, 9.17) is 10.5 Å². The van der Waals surface area contributed by atoms with E-state index < -0.39 is 11.7 Å². The van der Waals surface area contributed by atoms with Crippen LogP contribution in [-0.2, 0) is 4.74 Å². The maximum Gasteiger partial charge on any atom is 0.115 e. The molecule has 0 aliphatic heterocycles. The second-order valence-electron chi connectivity index (χ2n) is 6.03. The molecule has 1 aliphatic carbocycles. The Hall–Kier alpha value is -0.680. The molecule has 21 heavy (non-hydrogen) atoms. The third kappa shape index (κ3) is 6.30. The Morgan fingerprint density at radius 2 is 2.05 bits per heavy atom. The number of nitrogens with two attached hydrogens (primary N) is 1. The molecule has 0 amide bonds. The molecule has 0 radical (unpaired) electrons. The molecule has 0 saturated heterocycles. The smallest absolute Gasteiger partial charge is 0.115 e. The van der Waals surface area contributed by atoms with Crippen molar-refractivity contribution < 1.29 is 14.9 Å². The quantitative estimate of drug-likeness (QED) is 0.540. The molecule has 1 rings (SSSR count). The van der Waals surface area contributed by atoms with Crippen LogP contribution in [0.25, 0.3) is 0 Å². The van der Waals surface area contributed by atoms with Gasteiger partial charge >= 0.3 is 0 Å². The van der Waals surface area contributed by atoms with Gasteiger partial charge in [-0.15, -0.1) is 0 Å². The number of ether oxygens (including phenoxy) is 1. The fraction of sp³-hybridized carbons (Fsp3) is 0.765. The van der Waals surface area contributed by atoms with Crippen LogP contribution in [-0.4, -0.2) is 41.7 Å². The Morgan fingerprint density at radius 1 is 1.33 bits per heavy atom. The Kier molecular flexibility index (Phi) is 8.85. The Morgan fingerprint density at radius 3 is 2.62 bits per heavy atom. The van der Waals surface area contributed by atoms with Crippen LogP contribution in [0.5, 0.6) is 0 Å². The lowest BCUT2D eigenvalue weighted by atomic mass is 9.88. The molecule has 0 bridgehead atoms. The van der Waals surface area contributed by atoms with Crippen LogP contribution in [0.2, 0.25) is 0 Å². The van der Waals surface area contributed by atoms with Crippen LogP contribution in [0.3, 0.4) is 0 Å². The first kappa shape index (κ1) is 18.4. The summed E-state index contributed by atoms with van der Waals surface area (Å²) in [6.45, 7) is 4.28. The summed E-state index contributed by atoms with van der Waals surface area (Å²) in [4.78, 5) is 0. The molecular formula is C17H31NO3. The van der Waals surface area contributed by atoms with Gasteiger partial charge in [0.2, 0.25) is 0 Å². The van der Waals surface area contributed by atoms with Crippen molar-refractivity contribution in [3.8, 4) is 0 Å². The van der Waals surface area contributed by atoms with E-state index in [-0.39, 0.29) is 6.61 Å². The van der Waals surface area contributed by atoms with Crippen LogP contribution in [0.1, 0.15) is 44.9 Å². The first-order valence-electron chi connectivity index (χ1n) is 8.08. The second kappa shape index (κ2) is 10.1. The third-order valence-corrected chi connectivity index (χ3v) is 4.33. The molecule has 122 valence electrons. The summed E-state index contributed by atoms with van der Waals surface area (Å²) in [5, 5.41) is 20.1. The predicted molar refractivity (Wildman–Crippen MR) is 86.0 cm³/mol. The maximum absolute atomic E-state index is 10.6. The highest BCUT2D eigenvalue weighted by Gasteiger charge is 2.36. The highest BCUT2D eigenvalue weighted by molar-refractivity contribution is 5.01. The zero-order valence-electron chi connectivity index (χ0n) is 13.0. The summed E-state index contributed by atoms with van der Waals surface area (Å²) in [5.41, 5.74) is 4.29. The fourth-order valence-corrected chi connectivity index (χ4v) is 2.94. The minimum Gasteiger partial charge on any atom is -0.393 e. The van der Waals surface area contributed by atoms with Crippen LogP contribution < -0.4 is 5.73 Å². The van der Waals surface area contributed by atoms with E-state index in [0.717, 1.165) is 0 Å². The average Bonchev–Trinajstić information content (AvgIpc) is 2.51. The van der Waals surface area contributed by atoms with E-state index in [2.05, 4.69) is 6.58 Å². The van der Waals surface area contributed by atoms with Crippen molar-refractivity contribution in [2.75, 3.05) is 19.8 Å². The normalized spacial score (nSPS) is 21.3. The number of allylic oxidation sites excluding steroid dienone is 2. The lowest BCUT2D eigenvalue weighted by Gasteiger charge is -2.35. The standard InChI is InChI=1S/C17H31NO3/c1-2-3-5-10-16(17(20,14-19)11-12-18)21-13-15-8-6-4-7-9-15/h2-3,5,15-16,19-20H,1,4,6-14,18H2/b5-3-. The van der Waals surface area contributed by atoms with Gasteiger partial charge in [0.05, 0.1) is 12.7 Å². The first-order chi connectivity index (χ1) is 10.2. The van der Waals surface area contributed by atoms with Gasteiger partial charge in [-0.3, -0.25) is 0 Å². The molecule has 4 heteroatoms. The van der Waals surface area contributed by atoms with E-state index in [9.17, 15) is 10.2 Å². The molecule has 4 nitrogen and oxygen atoms in total. The van der Waals surface area contributed by atoms with Crippen molar-refractivity contribution in [3.63, 3.8) is 0 Å². The summed E-state index contributed by atoms with van der Waals surface area (Å²) in [6, 6.07) is 0. The summed E-state index contributed by atoms with van der Waals surface area (Å²) in [6.07, 6.45) is 12.1. The highest BCUT2D eigenvalue weighted by Crippen LogP contribution is 2.27. The van der Waals surface area contributed by atoms with Crippen LogP contribution in [0, 0.1) is 5.92 Å². The molecule has 0 aromatic carbocycles. The molecule has 0 heterocycles. The number of aliphatic hydroxyl groups excluding tert-OH is 1. The largest absolute Gasteiger partial charge is 0.393 e. The number of rotatable bonds is 10. The van der Waals surface area contributed by atoms with Gasteiger partial charge in [0.1, 0.15) is 5.60 Å². The molecule has 1 aliphatic rings. The van der Waals surface area contributed by atoms with Gasteiger partial charge in [-0.1, -0.05) is 44.1 Å². The van der Waals surface area contributed by atoms with Crippen molar-refractivity contribution in [2.45, 2.75) is 56.7 Å². The van der Waals surface area contributed by atoms with E-state index in [1.54, 1.807) is 6.08 Å². The Bertz CT molecular complexity index is 313. The number of aliphatic hydroxyl groups is 2. The van der Waals surface area contributed by atoms with Crippen molar-refractivity contribution in [2.24, 2.45) is 11.7 Å². The fourth-order valence-electron chi connectivity index (χ4n) is 2.94. The summed E-state index contributed by atoms with van der Waals surface area (Å²) >= 11 is 0. The maximum atomic E-state index is 10.6. The molecule has 0 spiro atoms. The molecule has 0 aromatic heterocycles. The molecule has 1 saturated carbocycles. The average molecular weight is 297 g/mol. The van der Waals surface area contributed by atoms with E-state index in [1.165, 1.54) is 32.1 Å². The van der Waals surface area contributed by atoms with Gasteiger partial charge in [0.15, 0.2) is 0 Å². The van der Waals surface area contributed by atoms with Crippen LogP contribution >= 0.6 is 0 Å². The lowest BCUT2D eigenvalue weighted by Crippen LogP contribution is -2.49. The monoisotopic (exact) mass is 297 g/mol. The first-order valence-corrected chi connectivity index (χ1v) is 8.08. The van der Waals surface area contributed by atoms with Gasteiger partial charge in [0.25, 0.3) is 0 Å². The molecule has 2 unspecified atom stereocenters. The summed E-state index contributed by atoms with van der Waals surface area (Å²) in [7, 11) is 0. The molecule has 4 N–H and O–H groups in total. The van der Waals surface area contributed by atoms with E-state index in [0.29, 0.717) is 31.9 Å². The zero-order chi connectivity index (χ0) is 15.6. The highest BCUT2D eigenvalue weighted by atomic mass is 16.5. The van der Waals surface area contributed by atoms with Gasteiger partial charge in [-0.2, -0.15) is 0 Å². The third-order valence-electron chi connectivity index (χ3n) is 4.33. The Balaban J connectivity index is 2.61. The van der Waals surface area contributed by atoms with Crippen LogP contribution in [0.15, 0.2) is 24.8 Å². The van der Waals surface area contributed by atoms with Crippen molar-refractivity contribution >= 4 is 0 Å². The SMILES string of the molecule is C=C/C=C\CC(OCC1CCCCC1)C(O)(CO)CCN. The summed E-state index contributed by atoms with van der Waals surface area (Å²) < 4.78 is 5.99. The molecular weight excluding hydrogens is 266 g/mol. The van der Waals surface area contributed by atoms with Crippen LogP contribution in [0.4, 0.5) is 0 Å². The van der Waals surface area contributed by atoms with Gasteiger partial charge in [0, 0.05) is 6.61 Å². The molecule has 2 atom stereocenters. The topological polar surface area (TPSA) is 75.7 Å². The predicted octanol–water partition coefficient (Wildman–Crippen LogP) is 2.16. The van der Waals surface area contributed by atoms with Crippen molar-refractivity contribution in [3.05, 3.63) is 24.8 Å². The van der Waals surface area contributed by atoms with Gasteiger partial charge in [-0.05, 0) is 38.1 Å². The van der Waals surface area contributed by atoms with E-state index in [1.807, 2.05) is 12.2 Å². The Labute approximate surface area is 128 Å². The number of hydrogen-bond acceptors (Lipinski definition) is 4. The minimum atomic E-state index is -1.27. The molecule has 0 aromatic rings. The minimum absolute atomic E-state index is 0.325. The van der Waals surface area contributed by atoms with Crippen molar-refractivity contribution in [1.29, 1.82) is 0 Å². The molecule has 1 fully saturated rings. The zero-order valence-corrected chi connectivity index (χ0v) is 13.0. The lowest BCUT2D eigenvalue weighted by molar-refractivity contribution is -0.140. The van der Waals surface area contributed by atoms with Crippen molar-refractivity contribution in [1.82, 2.24) is 0 Å². The van der Waals surface area contributed by atoms with Gasteiger partial charge < -0.3 is 20.7 Å². The number of hydrogen-bond donors (Lipinski definition) is 3. The second-order valence-corrected chi connectivity index (χ2v) is 6.03. The van der Waals surface area contributed by atoms with E-state index >= 15 is 0 Å². The van der Waals surface area contributed by atoms with Gasteiger partial charge in [-0.25, -0.2) is 0 Å².